The summed E-state index contributed by atoms with van der Waals surface area (Å²) in [6.07, 6.45) is 1.52. The molecule has 0 heterocycles. The normalized spacial score (nSPS) is 12.7. The summed E-state index contributed by atoms with van der Waals surface area (Å²) in [5.41, 5.74) is 2.34. The number of benzene rings is 3. The molecule has 0 atom stereocenters. The Hall–Kier alpha value is -2.71. The van der Waals surface area contributed by atoms with Crippen LogP contribution >= 0.6 is 0 Å². The maximum atomic E-state index is 6.63. The molecule has 0 aromatic heterocycles. The predicted octanol–water partition coefficient (Wildman–Crippen LogP) is 9.70. The van der Waals surface area contributed by atoms with Crippen LogP contribution in [0.25, 0.3) is 0 Å². The lowest BCUT2D eigenvalue weighted by Crippen LogP contribution is -2.44. The smallest absolute Gasteiger partial charge is 0.250 e. The summed E-state index contributed by atoms with van der Waals surface area (Å²) >= 11 is 0. The SMILES string of the molecule is CC(C)(C)[Si](C)(C)Oc1ccccc1CCOc1ccccc1OCCc1ccccc1O[Si](C)(C)C(C)(C)C. The van der Waals surface area contributed by atoms with Gasteiger partial charge in [-0.2, -0.15) is 0 Å². The summed E-state index contributed by atoms with van der Waals surface area (Å²) in [5.74, 6) is 3.47. The molecule has 0 spiro atoms. The van der Waals surface area contributed by atoms with E-state index in [1.54, 1.807) is 0 Å². The number of para-hydroxylation sites is 4. The minimum Gasteiger partial charge on any atom is -0.543 e. The van der Waals surface area contributed by atoms with E-state index in [1.165, 1.54) is 11.1 Å². The average molecular weight is 579 g/mol. The van der Waals surface area contributed by atoms with Crippen LogP contribution in [-0.4, -0.2) is 29.8 Å². The Balaban J connectivity index is 1.61. The highest BCUT2D eigenvalue weighted by Crippen LogP contribution is 2.39. The van der Waals surface area contributed by atoms with Crippen molar-refractivity contribution in [1.29, 1.82) is 0 Å². The van der Waals surface area contributed by atoms with E-state index in [0.29, 0.717) is 13.2 Å². The van der Waals surface area contributed by atoms with Gasteiger partial charge in [0.05, 0.1) is 13.2 Å². The Bertz CT molecular complexity index is 1140. The minimum absolute atomic E-state index is 0.143. The second-order valence-electron chi connectivity index (χ2n) is 13.6. The number of ether oxygens (including phenoxy) is 2. The second-order valence-corrected chi connectivity index (χ2v) is 23.0. The third-order valence-electron chi connectivity index (χ3n) is 8.39. The van der Waals surface area contributed by atoms with Gasteiger partial charge in [0.15, 0.2) is 11.5 Å². The molecule has 0 unspecified atom stereocenters. The fourth-order valence-corrected chi connectivity index (χ4v) is 5.82. The molecule has 4 nitrogen and oxygen atoms in total. The molecule has 0 aliphatic rings. The Morgan fingerprint density at radius 1 is 0.475 bits per heavy atom. The van der Waals surface area contributed by atoms with Crippen molar-refractivity contribution in [3.05, 3.63) is 83.9 Å². The monoisotopic (exact) mass is 578 g/mol. The van der Waals surface area contributed by atoms with Crippen molar-refractivity contribution in [1.82, 2.24) is 0 Å². The molecule has 0 aliphatic carbocycles. The summed E-state index contributed by atoms with van der Waals surface area (Å²) in [6.45, 7) is 23.8. The fourth-order valence-electron chi connectivity index (χ4n) is 3.71. The first-order chi connectivity index (χ1) is 18.6. The molecular formula is C34H50O4Si2. The van der Waals surface area contributed by atoms with Gasteiger partial charge in [-0.3, -0.25) is 0 Å². The first-order valence-corrected chi connectivity index (χ1v) is 20.3. The number of hydrogen-bond acceptors (Lipinski definition) is 4. The maximum Gasteiger partial charge on any atom is 0.250 e. The van der Waals surface area contributed by atoms with Crippen LogP contribution < -0.4 is 18.3 Å². The van der Waals surface area contributed by atoms with Crippen molar-refractivity contribution in [3.63, 3.8) is 0 Å². The molecule has 0 saturated heterocycles. The molecule has 218 valence electrons. The first kappa shape index (κ1) is 31.8. The molecule has 6 heteroatoms. The quantitative estimate of drug-likeness (QED) is 0.200. The van der Waals surface area contributed by atoms with Crippen LogP contribution in [0.2, 0.25) is 36.3 Å². The summed E-state index contributed by atoms with van der Waals surface area (Å²) in [4.78, 5) is 0. The highest BCUT2D eigenvalue weighted by molar-refractivity contribution is 6.75. The Labute approximate surface area is 245 Å². The van der Waals surface area contributed by atoms with Crippen LogP contribution in [0.15, 0.2) is 72.8 Å². The van der Waals surface area contributed by atoms with E-state index in [9.17, 15) is 0 Å². The molecule has 0 aliphatic heterocycles. The number of rotatable bonds is 12. The van der Waals surface area contributed by atoms with E-state index in [0.717, 1.165) is 35.8 Å². The van der Waals surface area contributed by atoms with Gasteiger partial charge in [0, 0.05) is 12.8 Å². The second kappa shape index (κ2) is 12.9. The van der Waals surface area contributed by atoms with Gasteiger partial charge in [-0.1, -0.05) is 90.1 Å². The van der Waals surface area contributed by atoms with Crippen LogP contribution in [0.1, 0.15) is 52.7 Å². The maximum absolute atomic E-state index is 6.63. The fraction of sp³-hybridized carbons (Fsp3) is 0.471. The lowest BCUT2D eigenvalue weighted by Gasteiger charge is -2.37. The van der Waals surface area contributed by atoms with Gasteiger partial charge in [0.2, 0.25) is 16.6 Å². The van der Waals surface area contributed by atoms with Crippen molar-refractivity contribution in [2.45, 2.75) is 90.6 Å². The molecule has 40 heavy (non-hydrogen) atoms. The highest BCUT2D eigenvalue weighted by Gasteiger charge is 2.40. The third-order valence-corrected chi connectivity index (χ3v) is 17.1. The topological polar surface area (TPSA) is 36.9 Å². The summed E-state index contributed by atoms with van der Waals surface area (Å²) < 4.78 is 25.7. The van der Waals surface area contributed by atoms with Gasteiger partial charge in [-0.15, -0.1) is 0 Å². The predicted molar refractivity (Wildman–Crippen MR) is 173 cm³/mol. The van der Waals surface area contributed by atoms with E-state index in [1.807, 2.05) is 36.4 Å². The zero-order chi connectivity index (χ0) is 29.6. The average Bonchev–Trinajstić information content (AvgIpc) is 2.85. The van der Waals surface area contributed by atoms with Crippen molar-refractivity contribution >= 4 is 16.6 Å². The van der Waals surface area contributed by atoms with Crippen LogP contribution in [0.5, 0.6) is 23.0 Å². The lowest BCUT2D eigenvalue weighted by molar-refractivity contribution is 0.271. The van der Waals surface area contributed by atoms with Gasteiger partial charge in [-0.25, -0.2) is 0 Å². The summed E-state index contributed by atoms with van der Waals surface area (Å²) in [7, 11) is -3.85. The summed E-state index contributed by atoms with van der Waals surface area (Å²) in [6, 6.07) is 24.6. The van der Waals surface area contributed by atoms with Crippen molar-refractivity contribution in [2.24, 2.45) is 0 Å². The van der Waals surface area contributed by atoms with E-state index in [4.69, 9.17) is 18.3 Å². The largest absolute Gasteiger partial charge is 0.543 e. The third kappa shape index (κ3) is 8.40. The van der Waals surface area contributed by atoms with Crippen LogP contribution in [0.3, 0.4) is 0 Å². The summed E-state index contributed by atoms with van der Waals surface area (Å²) in [5, 5.41) is 0.286. The van der Waals surface area contributed by atoms with Gasteiger partial charge in [0.1, 0.15) is 11.5 Å². The first-order valence-electron chi connectivity index (χ1n) is 14.5. The minimum atomic E-state index is -1.93. The molecule has 0 saturated carbocycles. The van der Waals surface area contributed by atoms with E-state index < -0.39 is 16.6 Å². The molecule has 3 aromatic rings. The van der Waals surface area contributed by atoms with Crippen molar-refractivity contribution < 1.29 is 18.3 Å². The number of hydrogen-bond donors (Lipinski definition) is 0. The van der Waals surface area contributed by atoms with Crippen molar-refractivity contribution in [2.75, 3.05) is 13.2 Å². The molecule has 0 fully saturated rings. The lowest BCUT2D eigenvalue weighted by atomic mass is 10.1. The van der Waals surface area contributed by atoms with Gasteiger partial charge in [-0.05, 0) is 71.7 Å². The molecular weight excluding hydrogens is 529 g/mol. The Morgan fingerprint density at radius 3 is 1.10 bits per heavy atom. The van der Waals surface area contributed by atoms with Crippen LogP contribution in [0.4, 0.5) is 0 Å². The van der Waals surface area contributed by atoms with Crippen molar-refractivity contribution in [3.8, 4) is 23.0 Å². The van der Waals surface area contributed by atoms with E-state index in [-0.39, 0.29) is 10.1 Å². The Morgan fingerprint density at radius 2 is 0.775 bits per heavy atom. The van der Waals surface area contributed by atoms with Gasteiger partial charge >= 0.3 is 0 Å². The molecule has 0 N–H and O–H groups in total. The van der Waals surface area contributed by atoms with E-state index in [2.05, 4.69) is 104 Å². The zero-order valence-corrected chi connectivity index (χ0v) is 28.4. The Kier molecular flexibility index (Phi) is 10.2. The highest BCUT2D eigenvalue weighted by atomic mass is 28.4. The zero-order valence-electron chi connectivity index (χ0n) is 26.4. The van der Waals surface area contributed by atoms with Gasteiger partial charge < -0.3 is 18.3 Å². The molecule has 0 amide bonds. The molecule has 0 radical (unpaired) electrons. The standard InChI is InChI=1S/C34H50O4Si2/c1-33(2,3)39(7,8)37-29-19-13-11-17-27(29)23-25-35-31-21-15-16-22-32(31)36-26-24-28-18-12-14-20-30(28)38-40(9,10)34(4,5)6/h11-22H,23-26H2,1-10H3. The molecule has 3 aromatic carbocycles. The van der Waals surface area contributed by atoms with Crippen LogP contribution in [-0.2, 0) is 12.8 Å². The molecule has 0 bridgehead atoms. The molecule has 3 rings (SSSR count). The van der Waals surface area contributed by atoms with E-state index >= 15 is 0 Å². The van der Waals surface area contributed by atoms with Gasteiger partial charge in [0.25, 0.3) is 0 Å². The van der Waals surface area contributed by atoms with Crippen LogP contribution in [0, 0.1) is 0 Å².